The van der Waals surface area contributed by atoms with Crippen LogP contribution in [0.4, 0.5) is 0 Å². The fraction of sp³-hybridized carbons (Fsp3) is 0. The monoisotopic (exact) mass is 105 g/mol. The number of hydrogen-bond donors (Lipinski definition) is 0. The molecule has 4 heavy (non-hydrogen) atoms. The summed E-state index contributed by atoms with van der Waals surface area (Å²) in [5.41, 5.74) is 0. The molecular weight excluding hydrogens is 99.0 g/mol. The molecule has 2 heteroatoms. The quantitative estimate of drug-likeness (QED) is 0.468. The van der Waals surface area contributed by atoms with Gasteiger partial charge in [-0.15, -0.1) is 0 Å². The molecule has 0 aliphatic carbocycles. The third-order valence-electron chi connectivity index (χ3n) is 0.0556. The predicted octanol–water partition coefficient (Wildman–Crippen LogP) is 0.290. The summed E-state index contributed by atoms with van der Waals surface area (Å²) < 4.78 is 15.7. The van der Waals surface area contributed by atoms with Crippen molar-refractivity contribution in [1.29, 1.82) is 0.968 Å². The summed E-state index contributed by atoms with van der Waals surface area (Å²) in [5, 5.41) is 1.09. The Morgan fingerprint density at radius 3 is 2.75 bits per heavy atom. The molecule has 0 fully saturated rings. The summed E-state index contributed by atoms with van der Waals surface area (Å²) >= 11 is -1.82. The molecule has 0 rings (SSSR count). The molecule has 0 aliphatic rings. The van der Waals surface area contributed by atoms with Crippen molar-refractivity contribution in [3.63, 3.8) is 0 Å². The van der Waals surface area contributed by atoms with Gasteiger partial charge in [-0.25, -0.2) is 0 Å². The van der Waals surface area contributed by atoms with Gasteiger partial charge in [0.2, 0.25) is 0 Å². The van der Waals surface area contributed by atoms with Crippen molar-refractivity contribution in [1.82, 2.24) is 0 Å². The van der Waals surface area contributed by atoms with E-state index in [0.29, 0.717) is 0 Å². The summed E-state index contributed by atoms with van der Waals surface area (Å²) in [6, 6.07) is 0. The van der Waals surface area contributed by atoms with Gasteiger partial charge in [0, 0.05) is 0 Å². The first-order chi connectivity index (χ1) is 2.27. The molecule has 0 amide bonds. The second-order valence-electron chi connectivity index (χ2n) is 0.215. The minimum absolute atomic E-state index is 1.09. The zero-order chi connectivity index (χ0) is 4.28. The Balaban J connectivity index is 3.20. The van der Waals surface area contributed by atoms with E-state index in [2.05, 4.69) is 6.58 Å². The van der Waals surface area contributed by atoms with Crippen LogP contribution in [0.25, 0.3) is 0 Å². The van der Waals surface area contributed by atoms with Crippen LogP contribution in [0.1, 0.15) is 0 Å². The Bertz CT molecular complexity index is 60.7. The van der Waals surface area contributed by atoms with Gasteiger partial charge in [0.05, 0.1) is 0 Å². The molecule has 0 spiro atoms. The van der Waals surface area contributed by atoms with Crippen molar-refractivity contribution in [2.24, 2.45) is 0 Å². The van der Waals surface area contributed by atoms with Crippen molar-refractivity contribution in [2.45, 2.75) is 0 Å². The number of hydrogen-bond acceptors (Lipinski definition) is 1. The van der Waals surface area contributed by atoms with Crippen molar-refractivity contribution >= 4 is 0 Å². The summed E-state index contributed by atoms with van der Waals surface area (Å²) in [6.07, 6.45) is 0. The van der Waals surface area contributed by atoms with Crippen LogP contribution in [0, 0.1) is 0 Å². The van der Waals surface area contributed by atoms with Gasteiger partial charge in [0.1, 0.15) is 0 Å². The molecule has 0 bridgehead atoms. The Labute approximate surface area is 31.8 Å². The zero-order valence-corrected chi connectivity index (χ0v) is 3.07. The molecule has 0 atom stereocenters. The first-order valence-electron chi connectivity index (χ1n) is 1.07. The van der Waals surface area contributed by atoms with E-state index >= 15 is 0 Å². The van der Waals surface area contributed by atoms with Crippen LogP contribution in [0.15, 0.2) is 11.6 Å². The minimum atomic E-state index is -1.82. The van der Waals surface area contributed by atoms with Crippen molar-refractivity contribution < 1.29 is 18.4 Å². The molecule has 27 valence electrons. The van der Waals surface area contributed by atoms with E-state index in [-0.39, 0.29) is 0 Å². The summed E-state index contributed by atoms with van der Waals surface area (Å²) in [7, 11) is 0. The van der Waals surface area contributed by atoms with Crippen LogP contribution < -0.4 is 0 Å². The third-order valence-corrected chi connectivity index (χ3v) is 0.229. The molecule has 0 unspecified atom stereocenters. The first-order valence-corrected chi connectivity index (χ1v) is 1.76. The maximum absolute atomic E-state index is 9.51. The zero-order valence-electron chi connectivity index (χ0n) is 3.03. The van der Waals surface area contributed by atoms with Crippen molar-refractivity contribution in [3.8, 4) is 0 Å². The van der Waals surface area contributed by atoms with Crippen LogP contribution in [-0.2, 0) is 18.4 Å². The van der Waals surface area contributed by atoms with Gasteiger partial charge in [0.15, 0.2) is 0 Å². The van der Waals surface area contributed by atoms with E-state index < -0.39 is 14.5 Å². The average Bonchev–Trinajstić information content (AvgIpc) is 1.38. The third kappa shape index (κ3) is 2.05. The normalized spacial score (nSPS) is 13.0. The summed E-state index contributed by atoms with van der Waals surface area (Å²) in [6.45, 7) is 3.09. The second kappa shape index (κ2) is 3.05. The predicted molar refractivity (Wildman–Crippen MR) is 12.3 cm³/mol. The molecule has 0 saturated carbocycles. The van der Waals surface area contributed by atoms with Crippen molar-refractivity contribution in [3.05, 3.63) is 11.6 Å². The summed E-state index contributed by atoms with van der Waals surface area (Å²) in [4.78, 5) is 0. The molecule has 0 aromatic carbocycles. The molecule has 0 radical (unpaired) electrons. The maximum atomic E-state index is 9.51. The molecule has 0 aromatic heterocycles. The van der Waals surface area contributed by atoms with E-state index in [1.54, 1.807) is 0 Å². The Morgan fingerprint density at radius 1 is 2.50 bits per heavy atom. The van der Waals surface area contributed by atoms with Crippen LogP contribution in [0.2, 0.25) is 0 Å². The molecule has 0 heterocycles. The van der Waals surface area contributed by atoms with E-state index in [1.807, 2.05) is 0 Å². The molecule has 0 N–H and O–H groups in total. The topological polar surface area (TPSA) is 17.1 Å². The molecular formula is C2H4CoO. The number of rotatable bonds is 1. The molecule has 0 aromatic rings. The van der Waals surface area contributed by atoms with Crippen molar-refractivity contribution in [2.75, 3.05) is 0 Å². The molecule has 0 saturated heterocycles. The Hall–Kier alpha value is 0.0465. The molecule has 0 aliphatic heterocycles. The van der Waals surface area contributed by atoms with Gasteiger partial charge < -0.3 is 0 Å². The van der Waals surface area contributed by atoms with Gasteiger partial charge >= 0.3 is 30.9 Å². The summed E-state index contributed by atoms with van der Waals surface area (Å²) in [5.74, 6) is 0. The van der Waals surface area contributed by atoms with Crippen LogP contribution in [-0.4, -0.2) is 0.968 Å². The SMILES string of the molecule is [3H][Co](=[O])[CH]=C. The van der Waals surface area contributed by atoms with E-state index in [0.717, 1.165) is 5.01 Å². The fourth-order valence-electron chi connectivity index (χ4n) is 0. The van der Waals surface area contributed by atoms with Gasteiger partial charge in [-0.2, -0.15) is 0 Å². The van der Waals surface area contributed by atoms with Crippen LogP contribution in [0.3, 0.4) is 0 Å². The Kier molecular flexibility index (Phi) is 1.75. The second-order valence-corrected chi connectivity index (χ2v) is 0.885. The van der Waals surface area contributed by atoms with Crippen LogP contribution in [0.5, 0.6) is 0 Å². The van der Waals surface area contributed by atoms with E-state index in [4.69, 9.17) is 0.968 Å². The van der Waals surface area contributed by atoms with Gasteiger partial charge in [-0.05, 0) is 0 Å². The Morgan fingerprint density at radius 2 is 2.75 bits per heavy atom. The fourth-order valence-corrected chi connectivity index (χ4v) is 0. The van der Waals surface area contributed by atoms with E-state index in [9.17, 15) is 3.87 Å². The van der Waals surface area contributed by atoms with Gasteiger partial charge in [-0.3, -0.25) is 0 Å². The first kappa shape index (κ1) is 2.29. The van der Waals surface area contributed by atoms with Crippen LogP contribution >= 0.6 is 0 Å². The van der Waals surface area contributed by atoms with Gasteiger partial charge in [0.25, 0.3) is 0 Å². The van der Waals surface area contributed by atoms with Gasteiger partial charge in [-0.1, -0.05) is 0 Å². The average molecular weight is 105 g/mol. The standard InChI is InChI=1S/C2H3.Co.O.H/c1-2;;;/h1H,2H2;;;/i;;;1+2. The molecule has 1 nitrogen and oxygen atoms in total. The van der Waals surface area contributed by atoms with E-state index in [1.165, 1.54) is 0 Å².